The smallest absolute Gasteiger partial charge is 0.331 e. The highest BCUT2D eigenvalue weighted by Crippen LogP contribution is 2.15. The first-order valence-corrected chi connectivity index (χ1v) is 5.93. The Hall–Kier alpha value is -2.03. The number of hydrogen-bond donors (Lipinski definition) is 1. The number of benzene rings is 1. The van der Waals surface area contributed by atoms with Crippen molar-refractivity contribution >= 4 is 22.9 Å². The molecule has 94 valence electrons. The number of carbonyl (C=O) groups excluding carboxylic acids is 1. The van der Waals surface area contributed by atoms with Crippen molar-refractivity contribution in [3.63, 3.8) is 0 Å². The van der Waals surface area contributed by atoms with E-state index in [2.05, 4.69) is 4.98 Å². The maximum absolute atomic E-state index is 11.5. The number of para-hydroxylation sites is 1. The Morgan fingerprint density at radius 1 is 1.28 bits per heavy atom. The molecule has 0 saturated heterocycles. The predicted molar refractivity (Wildman–Crippen MR) is 73.2 cm³/mol. The largest absolute Gasteiger partial charge is 0.457 e. The lowest BCUT2D eigenvalue weighted by atomic mass is 10.2. The molecule has 0 bridgehead atoms. The fraction of sp³-hybridized carbons (Fsp3) is 0.267. The molecule has 3 heteroatoms. The van der Waals surface area contributed by atoms with Gasteiger partial charge in [0.15, 0.2) is 0 Å². The van der Waals surface area contributed by atoms with Crippen molar-refractivity contribution in [2.45, 2.75) is 26.4 Å². The van der Waals surface area contributed by atoms with E-state index in [-0.39, 0.29) is 5.97 Å². The molecule has 1 aromatic carbocycles. The highest BCUT2D eigenvalue weighted by atomic mass is 16.6. The van der Waals surface area contributed by atoms with Gasteiger partial charge in [0.05, 0.1) is 0 Å². The number of fused-ring (bicyclic) bond motifs is 1. The van der Waals surface area contributed by atoms with Crippen LogP contribution < -0.4 is 0 Å². The van der Waals surface area contributed by atoms with Gasteiger partial charge in [-0.25, -0.2) is 4.79 Å². The van der Waals surface area contributed by atoms with Crippen LogP contribution in [0.1, 0.15) is 26.5 Å². The zero-order valence-corrected chi connectivity index (χ0v) is 10.9. The van der Waals surface area contributed by atoms with Crippen LogP contribution in [0.3, 0.4) is 0 Å². The molecule has 2 rings (SSSR count). The highest BCUT2D eigenvalue weighted by Gasteiger charge is 2.13. The number of esters is 1. The van der Waals surface area contributed by atoms with Crippen molar-refractivity contribution in [2.24, 2.45) is 0 Å². The van der Waals surface area contributed by atoms with Crippen molar-refractivity contribution < 1.29 is 9.53 Å². The van der Waals surface area contributed by atoms with Crippen molar-refractivity contribution in [2.75, 3.05) is 0 Å². The lowest BCUT2D eigenvalue weighted by Crippen LogP contribution is -2.22. The third kappa shape index (κ3) is 3.23. The van der Waals surface area contributed by atoms with E-state index >= 15 is 0 Å². The molecule has 0 amide bonds. The normalized spacial score (nSPS) is 12.2. The van der Waals surface area contributed by atoms with Crippen molar-refractivity contribution in [1.29, 1.82) is 0 Å². The van der Waals surface area contributed by atoms with Gasteiger partial charge in [0.2, 0.25) is 0 Å². The van der Waals surface area contributed by atoms with Gasteiger partial charge in [0, 0.05) is 17.3 Å². The van der Waals surface area contributed by atoms with Gasteiger partial charge < -0.3 is 9.72 Å². The summed E-state index contributed by atoms with van der Waals surface area (Å²) in [7, 11) is 0. The quantitative estimate of drug-likeness (QED) is 0.647. The van der Waals surface area contributed by atoms with E-state index in [1.807, 2.05) is 51.1 Å². The number of ether oxygens (including phenoxy) is 1. The zero-order valence-electron chi connectivity index (χ0n) is 10.9. The Kier molecular flexibility index (Phi) is 3.24. The molecule has 0 aliphatic rings. The first kappa shape index (κ1) is 12.4. The molecule has 0 fully saturated rings. The maximum atomic E-state index is 11.5. The zero-order chi connectivity index (χ0) is 13.2. The summed E-state index contributed by atoms with van der Waals surface area (Å²) in [5.74, 6) is -0.332. The number of rotatable bonds is 2. The Morgan fingerprint density at radius 2 is 2.00 bits per heavy atom. The summed E-state index contributed by atoms with van der Waals surface area (Å²) < 4.78 is 5.19. The minimum absolute atomic E-state index is 0.332. The van der Waals surface area contributed by atoms with Crippen LogP contribution in [0.5, 0.6) is 0 Å². The molecule has 3 nitrogen and oxygen atoms in total. The topological polar surface area (TPSA) is 42.1 Å². The molecule has 0 aliphatic carbocycles. The molecule has 2 aromatic rings. The van der Waals surface area contributed by atoms with Crippen LogP contribution in [-0.2, 0) is 9.53 Å². The van der Waals surface area contributed by atoms with E-state index < -0.39 is 5.60 Å². The Bertz CT molecular complexity index is 555. The first-order chi connectivity index (χ1) is 8.44. The van der Waals surface area contributed by atoms with Gasteiger partial charge >= 0.3 is 5.97 Å². The molecule has 0 unspecified atom stereocenters. The molecule has 0 aliphatic heterocycles. The average molecular weight is 243 g/mol. The summed E-state index contributed by atoms with van der Waals surface area (Å²) in [6.07, 6.45) is 3.17. The minimum Gasteiger partial charge on any atom is -0.457 e. The van der Waals surface area contributed by atoms with E-state index in [9.17, 15) is 4.79 Å². The number of H-pyrrole nitrogens is 1. The van der Waals surface area contributed by atoms with Crippen molar-refractivity contribution in [3.8, 4) is 0 Å². The number of aromatic nitrogens is 1. The molecule has 1 heterocycles. The molecule has 0 radical (unpaired) electrons. The van der Waals surface area contributed by atoms with E-state index in [1.54, 1.807) is 6.08 Å². The molecular formula is C15H17NO2. The number of aromatic amines is 1. The molecule has 0 saturated carbocycles. The molecule has 1 aromatic heterocycles. The van der Waals surface area contributed by atoms with Crippen LogP contribution in [0.4, 0.5) is 0 Å². The standard InChI is InChI=1S/C15H17NO2/c1-15(2,3)18-14(17)9-8-12-10-11-6-4-5-7-13(11)16-12/h4-10,16H,1-3H3. The third-order valence-electron chi connectivity index (χ3n) is 2.36. The van der Waals surface area contributed by atoms with Gasteiger partial charge in [0.1, 0.15) is 5.60 Å². The van der Waals surface area contributed by atoms with E-state index in [1.165, 1.54) is 6.08 Å². The van der Waals surface area contributed by atoms with Crippen molar-refractivity contribution in [3.05, 3.63) is 42.1 Å². The summed E-state index contributed by atoms with van der Waals surface area (Å²) in [4.78, 5) is 14.7. The van der Waals surface area contributed by atoms with Gasteiger partial charge in [-0.2, -0.15) is 0 Å². The molecule has 0 atom stereocenters. The average Bonchev–Trinajstić information content (AvgIpc) is 2.66. The summed E-state index contributed by atoms with van der Waals surface area (Å²) in [6.45, 7) is 5.55. The molecular weight excluding hydrogens is 226 g/mol. The van der Waals surface area contributed by atoms with Gasteiger partial charge in [-0.3, -0.25) is 0 Å². The maximum Gasteiger partial charge on any atom is 0.331 e. The number of nitrogens with one attached hydrogen (secondary N) is 1. The summed E-state index contributed by atoms with van der Waals surface area (Å²) >= 11 is 0. The minimum atomic E-state index is -0.456. The molecule has 18 heavy (non-hydrogen) atoms. The van der Waals surface area contributed by atoms with Crippen LogP contribution in [0.15, 0.2) is 36.4 Å². The first-order valence-electron chi connectivity index (χ1n) is 5.93. The Balaban J connectivity index is 2.11. The fourth-order valence-electron chi connectivity index (χ4n) is 1.68. The van der Waals surface area contributed by atoms with Crippen LogP contribution in [-0.4, -0.2) is 16.6 Å². The summed E-state index contributed by atoms with van der Waals surface area (Å²) in [5, 5.41) is 1.13. The van der Waals surface area contributed by atoms with E-state index in [0.717, 1.165) is 16.6 Å². The van der Waals surface area contributed by atoms with Crippen molar-refractivity contribution in [1.82, 2.24) is 4.98 Å². The van der Waals surface area contributed by atoms with Gasteiger partial charge in [-0.1, -0.05) is 18.2 Å². The van der Waals surface area contributed by atoms with Gasteiger partial charge in [0.25, 0.3) is 0 Å². The second-order valence-corrected chi connectivity index (χ2v) is 5.18. The fourth-order valence-corrected chi connectivity index (χ4v) is 1.68. The molecule has 1 N–H and O–H groups in total. The second-order valence-electron chi connectivity index (χ2n) is 5.18. The predicted octanol–water partition coefficient (Wildman–Crippen LogP) is 3.52. The number of hydrogen-bond acceptors (Lipinski definition) is 2. The second kappa shape index (κ2) is 4.69. The van der Waals surface area contributed by atoms with E-state index in [4.69, 9.17) is 4.74 Å². The van der Waals surface area contributed by atoms with E-state index in [0.29, 0.717) is 0 Å². The van der Waals surface area contributed by atoms with Crippen LogP contribution >= 0.6 is 0 Å². The van der Waals surface area contributed by atoms with Crippen LogP contribution in [0.2, 0.25) is 0 Å². The Labute approximate surface area is 106 Å². The van der Waals surface area contributed by atoms with Crippen LogP contribution in [0, 0.1) is 0 Å². The number of carbonyl (C=O) groups is 1. The molecule has 0 spiro atoms. The summed E-state index contributed by atoms with van der Waals surface area (Å²) in [6, 6.07) is 9.98. The monoisotopic (exact) mass is 243 g/mol. The van der Waals surface area contributed by atoms with Gasteiger partial charge in [-0.05, 0) is 44.4 Å². The Morgan fingerprint density at radius 3 is 2.67 bits per heavy atom. The lowest BCUT2D eigenvalue weighted by molar-refractivity contribution is -0.148. The highest BCUT2D eigenvalue weighted by molar-refractivity contribution is 5.89. The van der Waals surface area contributed by atoms with Gasteiger partial charge in [-0.15, -0.1) is 0 Å². The van der Waals surface area contributed by atoms with Crippen LogP contribution in [0.25, 0.3) is 17.0 Å². The SMILES string of the molecule is CC(C)(C)OC(=O)C=Cc1cc2ccccc2[nH]1. The summed E-state index contributed by atoms with van der Waals surface area (Å²) in [5.41, 5.74) is 1.49. The lowest BCUT2D eigenvalue weighted by Gasteiger charge is -2.17. The third-order valence-corrected chi connectivity index (χ3v) is 2.36.